The minimum Gasteiger partial charge on any atom is -0.780 e. The van der Waals surface area contributed by atoms with Gasteiger partial charge in [0.1, 0.15) is 13.9 Å². The number of aliphatic carboxylic acids is 1. The van der Waals surface area contributed by atoms with E-state index in [4.69, 9.17) is 10.2 Å². The molecule has 1 aliphatic heterocycles. The van der Waals surface area contributed by atoms with Gasteiger partial charge in [-0.05, 0) is 12.8 Å². The van der Waals surface area contributed by atoms with Gasteiger partial charge in [-0.1, -0.05) is 45.4 Å². The van der Waals surface area contributed by atoms with Gasteiger partial charge in [0.25, 0.3) is 5.76 Å². The molecule has 15 heteroatoms. The van der Waals surface area contributed by atoms with Gasteiger partial charge in [-0.3, -0.25) is 0 Å². The number of aliphatic hydroxyl groups is 3. The minimum absolute atomic E-state index is 0. The van der Waals surface area contributed by atoms with Gasteiger partial charge < -0.3 is 48.8 Å². The maximum Gasteiger partial charge on any atom is 1.00 e. The largest absolute Gasteiger partial charge is 1.00 e. The molecule has 0 aliphatic carbocycles. The van der Waals surface area contributed by atoms with Gasteiger partial charge in [-0.15, -0.1) is 0 Å². The van der Waals surface area contributed by atoms with Crippen LogP contribution in [0.15, 0.2) is 11.5 Å². The van der Waals surface area contributed by atoms with Gasteiger partial charge in [0, 0.05) is 5.97 Å². The summed E-state index contributed by atoms with van der Waals surface area (Å²) in [5, 5.41) is 36.8. The zero-order chi connectivity index (χ0) is 21.7. The van der Waals surface area contributed by atoms with Crippen LogP contribution in [0.2, 0.25) is 0 Å². The van der Waals surface area contributed by atoms with Crippen LogP contribution < -0.4 is 104 Å². The van der Waals surface area contributed by atoms with Crippen molar-refractivity contribution >= 4 is 19.8 Å². The fourth-order valence-electron chi connectivity index (χ4n) is 2.24. The molecule has 0 aromatic heterocycles. The normalized spacial score (nSPS) is 15.9. The molecule has 1 rings (SSSR count). The Kier molecular flexibility index (Phi) is 27.9. The third kappa shape index (κ3) is 19.4. The third-order valence-corrected chi connectivity index (χ3v) is 4.05. The van der Waals surface area contributed by atoms with Crippen LogP contribution >= 0.6 is 7.82 Å². The van der Waals surface area contributed by atoms with E-state index in [1.807, 2.05) is 0 Å². The van der Waals surface area contributed by atoms with Crippen molar-refractivity contribution in [2.24, 2.45) is 0 Å². The van der Waals surface area contributed by atoms with Crippen molar-refractivity contribution in [2.75, 3.05) is 6.61 Å². The molecule has 0 saturated carbocycles. The second-order valence-electron chi connectivity index (χ2n) is 6.07. The van der Waals surface area contributed by atoms with Gasteiger partial charge in [0.15, 0.2) is 11.9 Å². The fourth-order valence-corrected chi connectivity index (χ4v) is 2.63. The topological polar surface area (TPSA) is 200 Å². The van der Waals surface area contributed by atoms with Gasteiger partial charge in [-0.2, -0.15) is 0 Å². The van der Waals surface area contributed by atoms with Crippen LogP contribution in [0, 0.1) is 0 Å². The number of carbonyl (C=O) groups is 2. The van der Waals surface area contributed by atoms with Crippen molar-refractivity contribution in [1.29, 1.82) is 0 Å². The minimum atomic E-state index is -5.52. The molecule has 11 nitrogen and oxygen atoms in total. The number of unbranched alkanes of at least 4 members (excludes halogenated alkanes) is 6. The molecule has 0 radical (unpaired) electrons. The molecule has 164 valence electrons. The molecule has 1 aliphatic rings. The third-order valence-electron chi connectivity index (χ3n) is 3.65. The molecule has 0 amide bonds. The van der Waals surface area contributed by atoms with Crippen molar-refractivity contribution in [3.8, 4) is 0 Å². The molecule has 2 atom stereocenters. The number of phosphoric acid groups is 1. The smallest absolute Gasteiger partial charge is 0.780 e. The number of cyclic esters (lactones) is 1. The summed E-state index contributed by atoms with van der Waals surface area (Å²) in [5.41, 5.74) is 0. The summed E-state index contributed by atoms with van der Waals surface area (Å²) in [7, 11) is -5.52. The quantitative estimate of drug-likeness (QED) is 0.101. The number of phosphoric ester groups is 1. The number of carboxylic acid groups (broad SMARTS) is 1. The number of hydrogen-bond donors (Lipinski definition) is 3. The molecule has 0 bridgehead atoms. The number of ether oxygens (including phenoxy) is 1. The summed E-state index contributed by atoms with van der Waals surface area (Å²) in [4.78, 5) is 41.4. The van der Waals surface area contributed by atoms with Crippen molar-refractivity contribution in [1.82, 2.24) is 0 Å². The Morgan fingerprint density at radius 3 is 2.03 bits per heavy atom. The van der Waals surface area contributed by atoms with Gasteiger partial charge in [0.05, 0.1) is 6.61 Å². The van der Waals surface area contributed by atoms with E-state index in [2.05, 4.69) is 16.2 Å². The Hall–Kier alpha value is 1.35. The van der Waals surface area contributed by atoms with Crippen molar-refractivity contribution in [3.63, 3.8) is 0 Å². The number of rotatable bonds is 12. The van der Waals surface area contributed by atoms with Crippen LogP contribution in [0.4, 0.5) is 0 Å². The van der Waals surface area contributed by atoms with Crippen molar-refractivity contribution in [3.05, 3.63) is 11.5 Å². The second kappa shape index (κ2) is 21.9. The van der Waals surface area contributed by atoms with E-state index in [-0.39, 0.29) is 95.1 Å². The van der Waals surface area contributed by atoms with Gasteiger partial charge >= 0.3 is 94.6 Å². The fraction of sp³-hybridized carbons (Fsp3) is 0.750. The average molecular weight is 494 g/mol. The zero-order valence-corrected chi connectivity index (χ0v) is 25.5. The molecular weight excluding hydrogens is 468 g/mol. The van der Waals surface area contributed by atoms with Gasteiger partial charge in [-0.25, -0.2) is 4.79 Å². The first-order chi connectivity index (χ1) is 13.0. The Labute approximate surface area is 248 Å². The SMILES string of the molecule is CCCCCCCCCC(=O)[O-].O=C1O[C@H]([C@@H](O)CO)C(O)=C1OP(=O)([O-])[O-].[Na+].[Na+].[Na+]. The van der Waals surface area contributed by atoms with E-state index in [0.717, 1.165) is 12.8 Å². The number of carbonyl (C=O) groups excluding carboxylic acids is 2. The van der Waals surface area contributed by atoms with Crippen molar-refractivity contribution < 1.29 is 142 Å². The average Bonchev–Trinajstić information content (AvgIpc) is 2.87. The van der Waals surface area contributed by atoms with Gasteiger partial charge in [0.2, 0.25) is 0 Å². The van der Waals surface area contributed by atoms with E-state index in [1.165, 1.54) is 32.1 Å². The summed E-state index contributed by atoms with van der Waals surface area (Å²) in [6.07, 6.45) is 5.04. The molecule has 1 heterocycles. The van der Waals surface area contributed by atoms with Crippen LogP contribution in [0.5, 0.6) is 0 Å². The molecule has 0 aromatic rings. The summed E-state index contributed by atoms with van der Waals surface area (Å²) >= 11 is 0. The summed E-state index contributed by atoms with van der Waals surface area (Å²) in [5.74, 6) is -4.59. The molecular formula is C16H26Na3O11P. The Morgan fingerprint density at radius 1 is 1.13 bits per heavy atom. The van der Waals surface area contributed by atoms with Crippen LogP contribution in [-0.2, 0) is 23.4 Å². The second-order valence-corrected chi connectivity index (χ2v) is 7.15. The summed E-state index contributed by atoms with van der Waals surface area (Å²) in [6, 6.07) is 0. The van der Waals surface area contributed by atoms with Crippen molar-refractivity contribution in [2.45, 2.75) is 70.5 Å². The monoisotopic (exact) mass is 494 g/mol. The first kappa shape index (κ1) is 39.6. The number of carboxylic acids is 1. The Morgan fingerprint density at radius 2 is 1.61 bits per heavy atom. The zero-order valence-electron chi connectivity index (χ0n) is 18.6. The number of aliphatic hydroxyl groups excluding tert-OH is 3. The van der Waals surface area contributed by atoms with Crippen LogP contribution in [-0.4, -0.2) is 46.1 Å². The maximum absolute atomic E-state index is 10.9. The van der Waals surface area contributed by atoms with E-state index in [0.29, 0.717) is 0 Å². The first-order valence-electron chi connectivity index (χ1n) is 8.88. The maximum atomic E-state index is 10.9. The predicted octanol–water partition coefficient (Wildman–Crippen LogP) is -10.2. The van der Waals surface area contributed by atoms with E-state index < -0.39 is 50.1 Å². The molecule has 0 saturated heterocycles. The number of esters is 1. The first-order valence-corrected chi connectivity index (χ1v) is 10.3. The standard InChI is InChI=1S/C10H20O2.C6H9O9P.3Na/c1-2-3-4-5-6-7-8-9-10(11)12;7-1-2(8)4-3(9)5(6(10)14-4)15-16(11,12)13;;;/h2-9H2,1H3,(H,11,12);2,4,7-9H,1H2,(H2,11,12,13);;;/q;;3*+1/p-3/t;2-,4+;;;/m.0.../s1. The van der Waals surface area contributed by atoms with E-state index >= 15 is 0 Å². The molecule has 0 aromatic carbocycles. The van der Waals surface area contributed by atoms with Crippen LogP contribution in [0.3, 0.4) is 0 Å². The number of hydrogen-bond acceptors (Lipinski definition) is 11. The van der Waals surface area contributed by atoms with E-state index in [9.17, 15) is 34.2 Å². The summed E-state index contributed by atoms with van der Waals surface area (Å²) < 4.78 is 18.2. The Bertz CT molecular complexity index is 583. The molecule has 0 spiro atoms. The van der Waals surface area contributed by atoms with Crippen LogP contribution in [0.25, 0.3) is 0 Å². The molecule has 0 fully saturated rings. The predicted molar refractivity (Wildman–Crippen MR) is 88.9 cm³/mol. The molecule has 31 heavy (non-hydrogen) atoms. The van der Waals surface area contributed by atoms with E-state index in [1.54, 1.807) is 0 Å². The Balaban J connectivity index is -0.000000222. The van der Waals surface area contributed by atoms with Crippen LogP contribution in [0.1, 0.15) is 58.3 Å². The summed E-state index contributed by atoms with van der Waals surface area (Å²) in [6.45, 7) is 1.35. The molecule has 0 unspecified atom stereocenters. The molecule has 3 N–H and O–H groups in total.